The molecule has 0 bridgehead atoms. The Balaban J connectivity index is 0.00000181. The van der Waals surface area contributed by atoms with Crippen LogP contribution >= 0.6 is 24.8 Å². The Morgan fingerprint density at radius 2 is 1.47 bits per heavy atom. The molecular formula is C28H33Cl2NTi. The topological polar surface area (TPSA) is 12.0 Å². The molecule has 4 heteroatoms. The van der Waals surface area contributed by atoms with Crippen molar-refractivity contribution in [2.45, 2.75) is 52.7 Å². The third-order valence-electron chi connectivity index (χ3n) is 6.62. The molecule has 0 aromatic heterocycles. The molecule has 1 aliphatic carbocycles. The Bertz CT molecular complexity index is 1180. The van der Waals surface area contributed by atoms with Gasteiger partial charge in [-0.05, 0) is 0 Å². The molecule has 3 aromatic rings. The summed E-state index contributed by atoms with van der Waals surface area (Å²) < 4.78 is 5.00. The number of halogens is 2. The molecule has 0 heterocycles. The van der Waals surface area contributed by atoms with Gasteiger partial charge < -0.3 is 0 Å². The van der Waals surface area contributed by atoms with Crippen molar-refractivity contribution in [3.63, 3.8) is 0 Å². The van der Waals surface area contributed by atoms with Gasteiger partial charge in [0, 0.05) is 0 Å². The fourth-order valence-electron chi connectivity index (χ4n) is 4.78. The van der Waals surface area contributed by atoms with E-state index in [-0.39, 0.29) is 44.2 Å². The summed E-state index contributed by atoms with van der Waals surface area (Å²) in [7, 11) is 0. The van der Waals surface area contributed by atoms with Crippen LogP contribution in [0.4, 0.5) is 5.69 Å². The van der Waals surface area contributed by atoms with Gasteiger partial charge in [0.1, 0.15) is 0 Å². The standard InChI is InChI=1S/C19H19.C9H12N.2ClH.Ti/c1-12-11-19(14(3)13(12)2)18-10-9-16-7-5-6-8-17(16)15(18)4;1-6-4-7(2)9(10)8(3)5-6;;;/h5-10H,4,11H2,1-3H3;4-5,10H,1-3H3;2*1H;/q;-1;;;+1. The molecule has 1 nitrogen and oxygen atoms in total. The summed E-state index contributed by atoms with van der Waals surface area (Å²) in [6.07, 6.45) is 1.09. The van der Waals surface area contributed by atoms with Crippen LogP contribution in [0.5, 0.6) is 0 Å². The first-order chi connectivity index (χ1) is 14.4. The van der Waals surface area contributed by atoms with Crippen LogP contribution in [0.25, 0.3) is 16.3 Å². The molecule has 0 amide bonds. The minimum Gasteiger partial charge on any atom is -0.147 e. The molecule has 0 aliphatic heterocycles. The Morgan fingerprint density at radius 3 is 2.09 bits per heavy atom. The van der Waals surface area contributed by atoms with E-state index in [9.17, 15) is 0 Å². The van der Waals surface area contributed by atoms with E-state index < -0.39 is 0 Å². The zero-order chi connectivity index (χ0) is 21.4. The second-order valence-electron chi connectivity index (χ2n) is 8.75. The van der Waals surface area contributed by atoms with E-state index in [1.807, 2.05) is 0 Å². The first-order valence-electron chi connectivity index (χ1n) is 10.8. The zero-order valence-electron chi connectivity index (χ0n) is 19.8. The van der Waals surface area contributed by atoms with Crippen LogP contribution in [-0.2, 0) is 24.1 Å². The molecule has 0 atom stereocenters. The minimum atomic E-state index is -0.362. The number of fused-ring (bicyclic) bond motifs is 1. The number of aryl methyl sites for hydroxylation is 3. The van der Waals surface area contributed by atoms with Crippen LogP contribution in [0, 0.1) is 20.8 Å². The van der Waals surface area contributed by atoms with Gasteiger partial charge in [0.05, 0.1) is 0 Å². The van der Waals surface area contributed by atoms with Gasteiger partial charge in [-0.25, -0.2) is 0 Å². The van der Waals surface area contributed by atoms with Gasteiger partial charge in [0.25, 0.3) is 0 Å². The number of hydrogen-bond donors (Lipinski definition) is 1. The average molecular weight is 502 g/mol. The predicted octanol–water partition coefficient (Wildman–Crippen LogP) is 8.73. The maximum absolute atomic E-state index is 3.87. The van der Waals surface area contributed by atoms with Gasteiger partial charge in [-0.3, -0.25) is 0 Å². The van der Waals surface area contributed by atoms with Gasteiger partial charge in [-0.2, -0.15) is 0 Å². The second kappa shape index (κ2) is 11.1. The first kappa shape index (κ1) is 26.7. The van der Waals surface area contributed by atoms with Crippen LogP contribution in [0.2, 0.25) is 0 Å². The van der Waals surface area contributed by atoms with Crippen LogP contribution in [0.1, 0.15) is 55.0 Å². The van der Waals surface area contributed by atoms with Crippen molar-refractivity contribution in [1.29, 1.82) is 0 Å². The summed E-state index contributed by atoms with van der Waals surface area (Å²) in [6, 6.07) is 18.1. The molecule has 4 rings (SSSR count). The Morgan fingerprint density at radius 1 is 0.812 bits per heavy atom. The molecular weight excluding hydrogens is 469 g/mol. The molecule has 0 unspecified atom stereocenters. The van der Waals surface area contributed by atoms with Gasteiger partial charge in [-0.1, -0.05) is 0 Å². The van der Waals surface area contributed by atoms with Crippen molar-refractivity contribution in [3.8, 4) is 0 Å². The summed E-state index contributed by atoms with van der Waals surface area (Å²) in [5.74, 6) is 0. The Labute approximate surface area is 214 Å². The first-order valence-corrected chi connectivity index (χ1v) is 12.7. The average Bonchev–Trinajstić information content (AvgIpc) is 2.97. The van der Waals surface area contributed by atoms with Crippen molar-refractivity contribution in [1.82, 2.24) is 0 Å². The van der Waals surface area contributed by atoms with Crippen molar-refractivity contribution < 1.29 is 19.4 Å². The van der Waals surface area contributed by atoms with Crippen molar-refractivity contribution in [2.75, 3.05) is 3.80 Å². The number of benzene rings is 3. The monoisotopic (exact) mass is 501 g/mol. The SMILES string of the molecule is CC1=C(C)C(C)=C(c2ccc3ccccc3c2[CH2][Ti][NH]c2c(C)cc(C)cc2C)C1.Cl.Cl. The van der Waals surface area contributed by atoms with Crippen molar-refractivity contribution in [2.24, 2.45) is 0 Å². The fourth-order valence-corrected chi connectivity index (χ4v) is 6.68. The molecule has 3 aromatic carbocycles. The number of nitrogens with one attached hydrogen (secondary N) is 1. The summed E-state index contributed by atoms with van der Waals surface area (Å²) in [6.45, 7) is 13.5. The smallest absolute Gasteiger partial charge is 0.147 e. The van der Waals surface area contributed by atoms with E-state index >= 15 is 0 Å². The van der Waals surface area contributed by atoms with Gasteiger partial charge >= 0.3 is 191 Å². The van der Waals surface area contributed by atoms with E-state index in [0.717, 1.165) is 11.1 Å². The van der Waals surface area contributed by atoms with Crippen LogP contribution in [-0.4, -0.2) is 0 Å². The summed E-state index contributed by atoms with van der Waals surface area (Å²) in [4.78, 5) is 0. The zero-order valence-corrected chi connectivity index (χ0v) is 23.0. The molecule has 0 spiro atoms. The van der Waals surface area contributed by atoms with Gasteiger partial charge in [0.2, 0.25) is 0 Å². The minimum absolute atomic E-state index is 0. The molecule has 0 radical (unpaired) electrons. The maximum Gasteiger partial charge on any atom is -0.147 e. The van der Waals surface area contributed by atoms with Gasteiger partial charge in [-0.15, -0.1) is 24.8 Å². The van der Waals surface area contributed by atoms with Crippen LogP contribution in [0.3, 0.4) is 0 Å². The van der Waals surface area contributed by atoms with E-state index in [1.165, 1.54) is 66.6 Å². The number of anilines is 1. The molecule has 1 aliphatic rings. The maximum atomic E-state index is 3.87. The summed E-state index contributed by atoms with van der Waals surface area (Å²) in [5.41, 5.74) is 14.4. The Kier molecular flexibility index (Phi) is 9.26. The molecule has 32 heavy (non-hydrogen) atoms. The molecule has 0 saturated heterocycles. The largest absolute Gasteiger partial charge is 0.147 e. The molecule has 0 fully saturated rings. The number of rotatable bonds is 5. The van der Waals surface area contributed by atoms with Crippen LogP contribution < -0.4 is 3.80 Å². The molecule has 0 saturated carbocycles. The van der Waals surface area contributed by atoms with E-state index in [1.54, 1.807) is 0 Å². The fraction of sp³-hybridized carbons (Fsp3) is 0.286. The van der Waals surface area contributed by atoms with E-state index in [2.05, 4.69) is 93.9 Å². The van der Waals surface area contributed by atoms with Crippen molar-refractivity contribution in [3.05, 3.63) is 93.1 Å². The number of hydrogen-bond acceptors (Lipinski definition) is 1. The molecule has 1 N–H and O–H groups in total. The van der Waals surface area contributed by atoms with Crippen molar-refractivity contribution >= 4 is 46.8 Å². The summed E-state index contributed by atoms with van der Waals surface area (Å²) >= 11 is -0.362. The molecule has 168 valence electrons. The second-order valence-corrected chi connectivity index (χ2v) is 10.2. The normalized spacial score (nSPS) is 13.2. The number of allylic oxidation sites excluding steroid dienone is 4. The third kappa shape index (κ3) is 5.18. The van der Waals surface area contributed by atoms with Crippen LogP contribution in [0.15, 0.2) is 65.3 Å². The Hall–Kier alpha value is -1.51. The quantitative estimate of drug-likeness (QED) is 0.344. The summed E-state index contributed by atoms with van der Waals surface area (Å²) in [5, 5.41) is 2.77. The third-order valence-corrected chi connectivity index (χ3v) is 8.11. The van der Waals surface area contributed by atoms with E-state index in [4.69, 9.17) is 0 Å². The van der Waals surface area contributed by atoms with E-state index in [0.29, 0.717) is 0 Å². The van der Waals surface area contributed by atoms with Gasteiger partial charge in [0.15, 0.2) is 0 Å². The predicted molar refractivity (Wildman–Crippen MR) is 142 cm³/mol.